The van der Waals surface area contributed by atoms with Crippen molar-refractivity contribution < 1.29 is 34.9 Å². The fourth-order valence-corrected chi connectivity index (χ4v) is 13.8. The first-order valence-corrected chi connectivity index (χ1v) is 23.2. The number of aromatic nitrogens is 4. The van der Waals surface area contributed by atoms with Gasteiger partial charge in [0.2, 0.25) is 0 Å². The molecule has 3 aromatic heterocycles. The number of rotatable bonds is 18. The van der Waals surface area contributed by atoms with Gasteiger partial charge < -0.3 is 51.1 Å². The van der Waals surface area contributed by atoms with Crippen LogP contribution in [0.2, 0.25) is 0 Å². The van der Waals surface area contributed by atoms with Gasteiger partial charge in [0.05, 0.1) is 41.7 Å². The molecule has 63 heavy (non-hydrogen) atoms. The number of aliphatic hydroxyl groups is 2. The summed E-state index contributed by atoms with van der Waals surface area (Å²) in [6, 6.07) is 9.45. The molecule has 1 aliphatic heterocycles. The molecule has 16 heteroatoms. The molecular formula is C47H62N9O6S+. The predicted molar refractivity (Wildman–Crippen MR) is 244 cm³/mol. The van der Waals surface area contributed by atoms with Gasteiger partial charge in [0.25, 0.3) is 0 Å². The highest BCUT2D eigenvalue weighted by atomic mass is 32.1. The van der Waals surface area contributed by atoms with Crippen LogP contribution < -0.4 is 25.6 Å². The molecule has 336 valence electrons. The first-order valence-electron chi connectivity index (χ1n) is 22.4. The molecule has 4 saturated carbocycles. The number of benzene rings is 1. The number of nitrogens with zero attached hydrogens (tertiary/aromatic N) is 5. The van der Waals surface area contributed by atoms with E-state index in [0.29, 0.717) is 60.0 Å². The average molecular weight is 881 g/mol. The first kappa shape index (κ1) is 43.7. The van der Waals surface area contributed by atoms with E-state index in [4.69, 9.17) is 24.9 Å². The second-order valence-corrected chi connectivity index (χ2v) is 20.9. The summed E-state index contributed by atoms with van der Waals surface area (Å²) in [4.78, 5) is 24.4. The molecule has 4 heterocycles. The topological polar surface area (TPSA) is 216 Å². The number of carbonyl (C=O) groups is 1. The Bertz CT molecular complexity index is 2480. The largest absolute Gasteiger partial charge is 0.497 e. The van der Waals surface area contributed by atoms with Crippen molar-refractivity contribution in [2.45, 2.75) is 91.1 Å². The van der Waals surface area contributed by atoms with E-state index >= 15 is 0 Å². The molecule has 0 amide bonds. The van der Waals surface area contributed by atoms with E-state index < -0.39 is 5.97 Å². The quantitative estimate of drug-likeness (QED) is 0.0453. The highest BCUT2D eigenvalue weighted by Crippen LogP contribution is 2.85. The van der Waals surface area contributed by atoms with E-state index in [9.17, 15) is 20.1 Å². The highest BCUT2D eigenvalue weighted by molar-refractivity contribution is 7.22. The van der Waals surface area contributed by atoms with Crippen molar-refractivity contribution in [2.75, 3.05) is 63.3 Å². The Hall–Kier alpha value is -4.58. The van der Waals surface area contributed by atoms with E-state index in [-0.39, 0.29) is 52.1 Å². The summed E-state index contributed by atoms with van der Waals surface area (Å²) in [6.45, 7) is 12.2. The number of allylic oxidation sites excluding steroid dienone is 2. The number of pyridine rings is 1. The average Bonchev–Trinajstić information content (AvgIpc) is 3.75. The van der Waals surface area contributed by atoms with Crippen molar-refractivity contribution in [3.8, 4) is 5.75 Å². The Morgan fingerprint density at radius 1 is 1.08 bits per heavy atom. The monoisotopic (exact) mass is 880 g/mol. The maximum atomic E-state index is 13.0. The number of hydrogen-bond donors (Lipinski definition) is 7. The van der Waals surface area contributed by atoms with Crippen molar-refractivity contribution in [3.05, 3.63) is 58.4 Å². The number of quaternary nitrogens is 1. The summed E-state index contributed by atoms with van der Waals surface area (Å²) in [5.74, 6) is 1.20. The summed E-state index contributed by atoms with van der Waals surface area (Å²) < 4.78 is 13.3. The number of nitrogens with one attached hydrogen (secondary N) is 3. The Morgan fingerprint density at radius 2 is 1.90 bits per heavy atom. The SMILES string of the molecule is COc1ccc2sc(Nc3nnc4c(c3C)CCCN4c3ccc(/C(C=N)=C(\C)[NH2+]CC45CCC6(C)CC7(OCCNCC(CO)CO)CC(C)(C4)CC67C5)c(C(=O)O)n3)nc2c1. The van der Waals surface area contributed by atoms with Crippen LogP contribution >= 0.6 is 11.3 Å². The van der Waals surface area contributed by atoms with Crippen LogP contribution in [0.1, 0.15) is 99.3 Å². The number of fused-ring (bicyclic) bond motifs is 4. The number of aliphatic hydroxyl groups excluding tert-OH is 2. The van der Waals surface area contributed by atoms with Gasteiger partial charge in [0.15, 0.2) is 22.5 Å². The molecule has 5 atom stereocenters. The Balaban J connectivity index is 0.920. The van der Waals surface area contributed by atoms with Crippen LogP contribution in [0, 0.1) is 39.9 Å². The van der Waals surface area contributed by atoms with Gasteiger partial charge in [0, 0.05) is 85.5 Å². The van der Waals surface area contributed by atoms with E-state index in [0.717, 1.165) is 84.3 Å². The van der Waals surface area contributed by atoms with Crippen LogP contribution in [0.5, 0.6) is 5.75 Å². The maximum Gasteiger partial charge on any atom is 0.355 e. The molecule has 5 aliphatic rings. The van der Waals surface area contributed by atoms with Crippen LogP contribution in [-0.2, 0) is 11.2 Å². The molecule has 4 aromatic rings. The zero-order valence-corrected chi connectivity index (χ0v) is 38.0. The van der Waals surface area contributed by atoms with E-state index in [1.807, 2.05) is 43.0 Å². The normalized spacial score (nSPS) is 28.4. The van der Waals surface area contributed by atoms with Crippen LogP contribution in [0.25, 0.3) is 15.8 Å². The third-order valence-electron chi connectivity index (χ3n) is 15.7. The van der Waals surface area contributed by atoms with Crippen LogP contribution in [0.4, 0.5) is 22.6 Å². The summed E-state index contributed by atoms with van der Waals surface area (Å²) >= 11 is 1.53. The van der Waals surface area contributed by atoms with Gasteiger partial charge in [-0.25, -0.2) is 14.8 Å². The number of ether oxygens (including phenoxy) is 2. The lowest BCUT2D eigenvalue weighted by molar-refractivity contribution is -0.622. The van der Waals surface area contributed by atoms with Crippen LogP contribution in [0.15, 0.2) is 36.0 Å². The minimum atomic E-state index is -1.15. The van der Waals surface area contributed by atoms with Gasteiger partial charge in [0.1, 0.15) is 17.3 Å². The number of hydrogen-bond acceptors (Lipinski definition) is 14. The van der Waals surface area contributed by atoms with Crippen molar-refractivity contribution in [1.29, 1.82) is 5.41 Å². The lowest BCUT2D eigenvalue weighted by atomic mass is 9.34. The van der Waals surface area contributed by atoms with Gasteiger partial charge in [-0.1, -0.05) is 25.2 Å². The number of thiazole rings is 1. The Labute approximate surface area is 372 Å². The van der Waals surface area contributed by atoms with Gasteiger partial charge in [-0.2, -0.15) is 0 Å². The van der Waals surface area contributed by atoms with E-state index in [1.165, 1.54) is 30.4 Å². The van der Waals surface area contributed by atoms with E-state index in [2.05, 4.69) is 40.0 Å². The molecule has 15 nitrogen and oxygen atoms in total. The smallest absolute Gasteiger partial charge is 0.355 e. The summed E-state index contributed by atoms with van der Waals surface area (Å²) in [5.41, 5.74) is 5.11. The lowest BCUT2D eigenvalue weighted by Gasteiger charge is -2.73. The van der Waals surface area contributed by atoms with Crippen LogP contribution in [-0.4, -0.2) is 106 Å². The first-order chi connectivity index (χ1) is 30.2. The molecule has 3 bridgehead atoms. The number of nitrogens with two attached hydrogens (primary N) is 1. The number of carboxylic acids is 1. The molecule has 9 rings (SSSR count). The van der Waals surface area contributed by atoms with Crippen molar-refractivity contribution in [1.82, 2.24) is 25.5 Å². The molecule has 1 aromatic carbocycles. The summed E-state index contributed by atoms with van der Waals surface area (Å²) in [6.07, 6.45) is 10.8. The molecule has 5 unspecified atom stereocenters. The van der Waals surface area contributed by atoms with Crippen molar-refractivity contribution in [2.24, 2.45) is 27.6 Å². The second-order valence-electron chi connectivity index (χ2n) is 19.8. The van der Waals surface area contributed by atoms with Crippen molar-refractivity contribution in [3.63, 3.8) is 0 Å². The Kier molecular flexibility index (Phi) is 11.4. The molecule has 4 fully saturated rings. The highest BCUT2D eigenvalue weighted by Gasteiger charge is 2.82. The van der Waals surface area contributed by atoms with Crippen molar-refractivity contribution >= 4 is 61.9 Å². The molecule has 8 N–H and O–H groups in total. The summed E-state index contributed by atoms with van der Waals surface area (Å²) in [7, 11) is 1.64. The second kappa shape index (κ2) is 16.4. The zero-order chi connectivity index (χ0) is 44.4. The molecule has 0 radical (unpaired) electrons. The number of anilines is 4. The van der Waals surface area contributed by atoms with Gasteiger partial charge in [-0.3, -0.25) is 0 Å². The molecule has 1 spiro atoms. The minimum Gasteiger partial charge on any atom is -0.497 e. The molecular weight excluding hydrogens is 819 g/mol. The summed E-state index contributed by atoms with van der Waals surface area (Å²) in [5, 5.41) is 57.0. The molecule has 4 aliphatic carbocycles. The Morgan fingerprint density at radius 3 is 2.67 bits per heavy atom. The van der Waals surface area contributed by atoms with Gasteiger partial charge in [-0.15, -0.1) is 10.2 Å². The maximum absolute atomic E-state index is 13.0. The fourth-order valence-electron chi connectivity index (χ4n) is 13.0. The predicted octanol–water partition coefficient (Wildman–Crippen LogP) is 5.98. The number of carboxylic acid groups (broad SMARTS) is 1. The lowest BCUT2D eigenvalue weighted by Crippen LogP contribution is -2.86. The van der Waals surface area contributed by atoms with Crippen LogP contribution in [0.3, 0.4) is 0 Å². The fraction of sp³-hybridized carbons (Fsp3) is 0.574. The van der Waals surface area contributed by atoms with Gasteiger partial charge in [-0.05, 0) is 99.8 Å². The standard InChI is InChI=1S/C47H61N9O6S/c1-28-32-7-6-15-56(40(32)55-54-39(28)53-42-51-35-17-31(61-5)8-10-36(35)63-42)37-11-9-33(38(52-37)41(59)60)34(18-48)29(2)50-27-45-13-12-44(4)25-47(62-16-14-49-19-30(20-57)21-58)24-43(3,22-45)23-46(44,47)26-45/h8-11,17-18,30,48-50,57-58H,6-7,12-16,19-27H2,1-5H3,(H,59,60)(H,51,53,54)/p+1/b34-29+,48-18?. The molecule has 0 saturated heterocycles. The van der Waals surface area contributed by atoms with E-state index in [1.54, 1.807) is 13.2 Å². The third kappa shape index (κ3) is 7.40. The number of aromatic carboxylic acids is 1. The minimum absolute atomic E-state index is 0.0394. The third-order valence-corrected chi connectivity index (χ3v) is 16.7. The number of methoxy groups -OCH3 is 1. The zero-order valence-electron chi connectivity index (χ0n) is 37.1. The van der Waals surface area contributed by atoms with Gasteiger partial charge >= 0.3 is 5.97 Å².